The zero-order valence-corrected chi connectivity index (χ0v) is 34.8. The highest BCUT2D eigenvalue weighted by Crippen LogP contribution is 2.44. The summed E-state index contributed by atoms with van der Waals surface area (Å²) >= 11 is 3.76. The van der Waals surface area contributed by atoms with Crippen molar-refractivity contribution in [2.24, 2.45) is 0 Å². The molecule has 0 radical (unpaired) electrons. The van der Waals surface area contributed by atoms with Gasteiger partial charge in [-0.05, 0) is 116 Å². The van der Waals surface area contributed by atoms with E-state index < -0.39 is 0 Å². The Hall–Kier alpha value is -7.30. The average Bonchev–Trinajstić information content (AvgIpc) is 3.91. The molecule has 12 aromatic rings. The lowest BCUT2D eigenvalue weighted by Gasteiger charge is -2.26. The van der Waals surface area contributed by atoms with E-state index in [1.54, 1.807) is 0 Å². The smallest absolute Gasteiger partial charge is 0.0467 e. The van der Waals surface area contributed by atoms with Crippen molar-refractivity contribution in [2.45, 2.75) is 0 Å². The number of thiophene rings is 2. The van der Waals surface area contributed by atoms with Crippen molar-refractivity contribution < 1.29 is 0 Å². The molecular formula is C58H37NS2. The van der Waals surface area contributed by atoms with Gasteiger partial charge in [-0.1, -0.05) is 164 Å². The molecule has 0 bridgehead atoms. The molecule has 0 aliphatic rings. The van der Waals surface area contributed by atoms with Crippen molar-refractivity contribution >= 4 is 90.9 Å². The molecule has 2 heterocycles. The maximum atomic E-state index is 2.39. The predicted molar refractivity (Wildman–Crippen MR) is 266 cm³/mol. The van der Waals surface area contributed by atoms with E-state index in [2.05, 4.69) is 229 Å². The minimum Gasteiger partial charge on any atom is -0.310 e. The van der Waals surface area contributed by atoms with Crippen LogP contribution in [0.1, 0.15) is 0 Å². The second-order valence-electron chi connectivity index (χ2n) is 15.7. The fourth-order valence-electron chi connectivity index (χ4n) is 9.05. The fourth-order valence-corrected chi connectivity index (χ4v) is 11.5. The number of benzene rings is 10. The van der Waals surface area contributed by atoms with Gasteiger partial charge >= 0.3 is 0 Å². The van der Waals surface area contributed by atoms with Gasteiger partial charge in [0.25, 0.3) is 0 Å². The first-order chi connectivity index (χ1) is 30.2. The molecule has 0 aliphatic heterocycles. The summed E-state index contributed by atoms with van der Waals surface area (Å²) in [6.45, 7) is 0. The summed E-state index contributed by atoms with van der Waals surface area (Å²) in [6, 6.07) is 82.4. The second-order valence-corrected chi connectivity index (χ2v) is 17.8. The van der Waals surface area contributed by atoms with Crippen LogP contribution in [0.2, 0.25) is 0 Å². The van der Waals surface area contributed by atoms with Gasteiger partial charge in [0.05, 0.1) is 0 Å². The monoisotopic (exact) mass is 811 g/mol. The molecular weight excluding hydrogens is 775 g/mol. The Bertz CT molecular complexity index is 3590. The van der Waals surface area contributed by atoms with Gasteiger partial charge in [0, 0.05) is 57.4 Å². The zero-order chi connectivity index (χ0) is 40.3. The number of nitrogens with zero attached hydrogens (tertiary/aromatic N) is 1. The number of hydrogen-bond acceptors (Lipinski definition) is 3. The van der Waals surface area contributed by atoms with Crippen LogP contribution in [0.5, 0.6) is 0 Å². The van der Waals surface area contributed by atoms with E-state index in [0.717, 1.165) is 17.1 Å². The fraction of sp³-hybridized carbons (Fsp3) is 0. The summed E-state index contributed by atoms with van der Waals surface area (Å²) in [5.41, 5.74) is 13.1. The summed E-state index contributed by atoms with van der Waals surface area (Å²) in [4.78, 5) is 2.39. The number of hydrogen-bond donors (Lipinski definition) is 0. The van der Waals surface area contributed by atoms with E-state index in [9.17, 15) is 0 Å². The van der Waals surface area contributed by atoms with Crippen LogP contribution >= 0.6 is 22.7 Å². The van der Waals surface area contributed by atoms with Gasteiger partial charge in [0.1, 0.15) is 0 Å². The Labute approximate surface area is 362 Å². The molecule has 1 nitrogen and oxygen atoms in total. The summed E-state index contributed by atoms with van der Waals surface area (Å²) < 4.78 is 5.31. The highest BCUT2D eigenvalue weighted by atomic mass is 32.1. The molecule has 0 atom stereocenters. The van der Waals surface area contributed by atoms with Crippen LogP contribution in [0.4, 0.5) is 17.1 Å². The SMILES string of the molecule is c1cc(-c2cccc(N(c3ccc(-c4ccc5ccccc5c4)cc3)c3ccc(-c4cccc5c4sc4ccccc45)cc3)c2)cc(-c2cccc3c2sc2ccccc23)c1. The highest BCUT2D eigenvalue weighted by Gasteiger charge is 2.17. The van der Waals surface area contributed by atoms with Crippen molar-refractivity contribution in [3.05, 3.63) is 224 Å². The minimum absolute atomic E-state index is 1.10. The van der Waals surface area contributed by atoms with Gasteiger partial charge in [0.15, 0.2) is 0 Å². The van der Waals surface area contributed by atoms with Crippen LogP contribution in [0.25, 0.3) is 95.6 Å². The Morgan fingerprint density at radius 2 is 0.738 bits per heavy atom. The van der Waals surface area contributed by atoms with Crippen molar-refractivity contribution in [1.29, 1.82) is 0 Å². The third-order valence-electron chi connectivity index (χ3n) is 12.1. The van der Waals surface area contributed by atoms with Crippen molar-refractivity contribution in [1.82, 2.24) is 0 Å². The topological polar surface area (TPSA) is 3.24 Å². The number of rotatable bonds is 7. The standard InChI is InChI=1S/C58H37NS2/c1-2-12-41-35-44(26-25-38(41)11-1)39-27-31-46(32-28-39)59(47-33-29-40(30-34-47)49-19-9-21-53-51-17-3-5-23-55(51)60-57(49)53)48-16-8-14-43(37-48)42-13-7-15-45(36-42)50-20-10-22-54-52-18-4-6-24-56(52)61-58(50)54/h1-37H. The summed E-state index contributed by atoms with van der Waals surface area (Å²) in [5, 5.41) is 7.78. The van der Waals surface area contributed by atoms with E-state index in [0.29, 0.717) is 0 Å². The number of anilines is 3. The van der Waals surface area contributed by atoms with E-state index in [4.69, 9.17) is 0 Å². The minimum atomic E-state index is 1.10. The van der Waals surface area contributed by atoms with Crippen molar-refractivity contribution in [2.75, 3.05) is 4.90 Å². The molecule has 0 unspecified atom stereocenters. The van der Waals surface area contributed by atoms with Crippen molar-refractivity contribution in [3.8, 4) is 44.5 Å². The molecule has 61 heavy (non-hydrogen) atoms. The molecule has 0 spiro atoms. The van der Waals surface area contributed by atoms with Gasteiger partial charge in [-0.3, -0.25) is 0 Å². The quantitative estimate of drug-likeness (QED) is 0.155. The van der Waals surface area contributed by atoms with Gasteiger partial charge in [-0.25, -0.2) is 0 Å². The zero-order valence-electron chi connectivity index (χ0n) is 33.1. The highest BCUT2D eigenvalue weighted by molar-refractivity contribution is 7.26. The molecule has 0 saturated heterocycles. The third kappa shape index (κ3) is 6.29. The lowest BCUT2D eigenvalue weighted by molar-refractivity contribution is 1.28. The Morgan fingerprint density at radius 1 is 0.262 bits per heavy atom. The second kappa shape index (κ2) is 14.8. The Kier molecular flexibility index (Phi) is 8.62. The van der Waals surface area contributed by atoms with E-state index in [-0.39, 0.29) is 0 Å². The molecule has 0 fully saturated rings. The molecule has 286 valence electrons. The Balaban J connectivity index is 0.948. The summed E-state index contributed by atoms with van der Waals surface area (Å²) in [7, 11) is 0. The summed E-state index contributed by atoms with van der Waals surface area (Å²) in [6.07, 6.45) is 0. The molecule has 0 aliphatic carbocycles. The third-order valence-corrected chi connectivity index (χ3v) is 14.5. The maximum Gasteiger partial charge on any atom is 0.0467 e. The van der Waals surface area contributed by atoms with Crippen LogP contribution in [0.15, 0.2) is 224 Å². The lowest BCUT2D eigenvalue weighted by Crippen LogP contribution is -2.10. The molecule has 0 amide bonds. The van der Waals surface area contributed by atoms with E-state index in [1.165, 1.54) is 95.6 Å². The van der Waals surface area contributed by atoms with Crippen LogP contribution in [-0.2, 0) is 0 Å². The van der Waals surface area contributed by atoms with E-state index >= 15 is 0 Å². The van der Waals surface area contributed by atoms with Crippen molar-refractivity contribution in [3.63, 3.8) is 0 Å². The molecule has 3 heteroatoms. The van der Waals surface area contributed by atoms with Crippen LogP contribution < -0.4 is 4.90 Å². The molecule has 2 aromatic heterocycles. The predicted octanol–water partition coefficient (Wildman–Crippen LogP) is 17.7. The van der Waals surface area contributed by atoms with Gasteiger partial charge in [-0.15, -0.1) is 22.7 Å². The van der Waals surface area contributed by atoms with Gasteiger partial charge in [-0.2, -0.15) is 0 Å². The Morgan fingerprint density at radius 3 is 1.41 bits per heavy atom. The average molecular weight is 812 g/mol. The summed E-state index contributed by atoms with van der Waals surface area (Å²) in [5.74, 6) is 0. The van der Waals surface area contributed by atoms with Gasteiger partial charge in [0.2, 0.25) is 0 Å². The van der Waals surface area contributed by atoms with Gasteiger partial charge < -0.3 is 4.90 Å². The first kappa shape index (κ1) is 35.6. The molecule has 0 N–H and O–H groups in total. The van der Waals surface area contributed by atoms with Crippen LogP contribution in [0.3, 0.4) is 0 Å². The first-order valence-electron chi connectivity index (χ1n) is 20.7. The largest absolute Gasteiger partial charge is 0.310 e. The maximum absolute atomic E-state index is 2.39. The number of fused-ring (bicyclic) bond motifs is 7. The lowest BCUT2D eigenvalue weighted by atomic mass is 9.97. The molecule has 0 saturated carbocycles. The molecule has 10 aromatic carbocycles. The van der Waals surface area contributed by atoms with Crippen LogP contribution in [0, 0.1) is 0 Å². The van der Waals surface area contributed by atoms with Crippen LogP contribution in [-0.4, -0.2) is 0 Å². The van der Waals surface area contributed by atoms with E-state index in [1.807, 2.05) is 22.7 Å². The normalized spacial score (nSPS) is 11.6. The first-order valence-corrected chi connectivity index (χ1v) is 22.4. The molecule has 12 rings (SSSR count).